The van der Waals surface area contributed by atoms with Crippen molar-refractivity contribution < 1.29 is 9.13 Å². The lowest BCUT2D eigenvalue weighted by atomic mass is 10.2. The van der Waals surface area contributed by atoms with Crippen molar-refractivity contribution in [2.24, 2.45) is 0 Å². The molecule has 2 aromatic rings. The Kier molecular flexibility index (Phi) is 4.95. The van der Waals surface area contributed by atoms with E-state index in [1.807, 2.05) is 13.8 Å². The first kappa shape index (κ1) is 15.5. The molecule has 0 aliphatic carbocycles. The minimum Gasteiger partial charge on any atom is -0.490 e. The lowest BCUT2D eigenvalue weighted by Gasteiger charge is -2.15. The van der Waals surface area contributed by atoms with E-state index in [9.17, 15) is 4.39 Å². The van der Waals surface area contributed by atoms with Crippen LogP contribution in [0.1, 0.15) is 12.5 Å². The normalized spacial score (nSPS) is 10.3. The minimum atomic E-state index is -0.305. The van der Waals surface area contributed by atoms with E-state index in [0.29, 0.717) is 28.4 Å². The number of ether oxygens (including phenoxy) is 1. The number of nitrogens with one attached hydrogen (secondary N) is 2. The van der Waals surface area contributed by atoms with E-state index in [1.165, 1.54) is 12.4 Å². The zero-order chi connectivity index (χ0) is 15.4. The van der Waals surface area contributed by atoms with Crippen LogP contribution in [0, 0.1) is 12.7 Å². The Bertz CT molecular complexity index is 651. The van der Waals surface area contributed by atoms with Crippen LogP contribution in [0.4, 0.5) is 21.7 Å². The number of rotatable bonds is 5. The number of halogens is 2. The molecule has 1 heterocycles. The number of methoxy groups -OCH3 is 1. The molecule has 5 nitrogen and oxygen atoms in total. The third-order valence-electron chi connectivity index (χ3n) is 2.87. The van der Waals surface area contributed by atoms with Crippen LogP contribution >= 0.6 is 15.9 Å². The van der Waals surface area contributed by atoms with Gasteiger partial charge in [0.05, 0.1) is 11.6 Å². The monoisotopic (exact) mass is 354 g/mol. The summed E-state index contributed by atoms with van der Waals surface area (Å²) in [5, 5.41) is 6.25. The van der Waals surface area contributed by atoms with Gasteiger partial charge in [0.2, 0.25) is 5.75 Å². The number of benzene rings is 1. The molecule has 112 valence electrons. The van der Waals surface area contributed by atoms with Gasteiger partial charge in [0.15, 0.2) is 11.6 Å². The van der Waals surface area contributed by atoms with Gasteiger partial charge in [0.25, 0.3) is 0 Å². The Morgan fingerprint density at radius 1 is 1.29 bits per heavy atom. The Balaban J connectivity index is 2.40. The Labute approximate surface area is 131 Å². The van der Waals surface area contributed by atoms with Crippen LogP contribution in [0.2, 0.25) is 0 Å². The molecule has 0 aliphatic heterocycles. The molecule has 0 saturated carbocycles. The van der Waals surface area contributed by atoms with Crippen LogP contribution < -0.4 is 15.4 Å². The van der Waals surface area contributed by atoms with E-state index < -0.39 is 0 Å². The maximum absolute atomic E-state index is 13.5. The van der Waals surface area contributed by atoms with Crippen molar-refractivity contribution in [1.29, 1.82) is 0 Å². The average molecular weight is 355 g/mol. The van der Waals surface area contributed by atoms with Crippen molar-refractivity contribution in [3.05, 3.63) is 34.3 Å². The SMILES string of the molecule is CCNc1ncnc(Nc2cc(Br)c(F)cc2C)c1OC. The van der Waals surface area contributed by atoms with Crippen molar-refractivity contribution >= 4 is 33.3 Å². The van der Waals surface area contributed by atoms with Crippen LogP contribution in [0.5, 0.6) is 5.75 Å². The van der Waals surface area contributed by atoms with Gasteiger partial charge in [0, 0.05) is 12.2 Å². The van der Waals surface area contributed by atoms with Crippen LogP contribution in [0.25, 0.3) is 0 Å². The zero-order valence-corrected chi connectivity index (χ0v) is 13.6. The second-order valence-electron chi connectivity index (χ2n) is 4.34. The summed E-state index contributed by atoms with van der Waals surface area (Å²) in [7, 11) is 1.55. The fraction of sp³-hybridized carbons (Fsp3) is 0.286. The van der Waals surface area contributed by atoms with Crippen molar-refractivity contribution in [3.63, 3.8) is 0 Å². The van der Waals surface area contributed by atoms with E-state index in [0.717, 1.165) is 11.3 Å². The smallest absolute Gasteiger partial charge is 0.204 e. The second-order valence-corrected chi connectivity index (χ2v) is 5.20. The number of anilines is 3. The first-order valence-corrected chi connectivity index (χ1v) is 7.21. The van der Waals surface area contributed by atoms with Crippen molar-refractivity contribution in [3.8, 4) is 5.75 Å². The number of aryl methyl sites for hydroxylation is 1. The molecule has 1 aromatic heterocycles. The predicted molar refractivity (Wildman–Crippen MR) is 84.9 cm³/mol. The summed E-state index contributed by atoms with van der Waals surface area (Å²) in [5.41, 5.74) is 1.50. The van der Waals surface area contributed by atoms with Gasteiger partial charge in [-0.2, -0.15) is 0 Å². The third kappa shape index (κ3) is 3.41. The maximum atomic E-state index is 13.5. The molecule has 21 heavy (non-hydrogen) atoms. The third-order valence-corrected chi connectivity index (χ3v) is 3.48. The zero-order valence-electron chi connectivity index (χ0n) is 12.0. The van der Waals surface area contributed by atoms with Crippen LogP contribution in [0.3, 0.4) is 0 Å². The summed E-state index contributed by atoms with van der Waals surface area (Å²) in [6, 6.07) is 3.12. The predicted octanol–water partition coefficient (Wildman–Crippen LogP) is 3.87. The molecule has 7 heteroatoms. The summed E-state index contributed by atoms with van der Waals surface area (Å²) in [4.78, 5) is 8.32. The maximum Gasteiger partial charge on any atom is 0.204 e. The van der Waals surface area contributed by atoms with Crippen molar-refractivity contribution in [1.82, 2.24) is 9.97 Å². The van der Waals surface area contributed by atoms with Crippen molar-refractivity contribution in [2.45, 2.75) is 13.8 Å². The van der Waals surface area contributed by atoms with Gasteiger partial charge in [0.1, 0.15) is 12.1 Å². The number of hydrogen-bond acceptors (Lipinski definition) is 5. The molecule has 0 atom stereocenters. The van der Waals surface area contributed by atoms with E-state index in [1.54, 1.807) is 13.2 Å². The summed E-state index contributed by atoms with van der Waals surface area (Å²) in [6.45, 7) is 4.50. The fourth-order valence-electron chi connectivity index (χ4n) is 1.86. The van der Waals surface area contributed by atoms with E-state index in [-0.39, 0.29) is 5.82 Å². The largest absolute Gasteiger partial charge is 0.490 e. The van der Waals surface area contributed by atoms with Gasteiger partial charge in [-0.1, -0.05) is 0 Å². The highest BCUT2D eigenvalue weighted by Gasteiger charge is 2.13. The molecule has 0 saturated heterocycles. The summed E-state index contributed by atoms with van der Waals surface area (Å²) in [6.07, 6.45) is 1.44. The van der Waals surface area contributed by atoms with Gasteiger partial charge >= 0.3 is 0 Å². The van der Waals surface area contributed by atoms with E-state index in [2.05, 4.69) is 36.5 Å². The van der Waals surface area contributed by atoms with E-state index >= 15 is 0 Å². The quantitative estimate of drug-likeness (QED) is 0.853. The van der Waals surface area contributed by atoms with Crippen LogP contribution in [-0.2, 0) is 0 Å². The topological polar surface area (TPSA) is 59.1 Å². The number of nitrogens with zero attached hydrogens (tertiary/aromatic N) is 2. The van der Waals surface area contributed by atoms with Gasteiger partial charge in [-0.3, -0.25) is 0 Å². The Morgan fingerprint density at radius 2 is 2.00 bits per heavy atom. The summed E-state index contributed by atoms with van der Waals surface area (Å²) in [5.74, 6) is 1.33. The molecule has 0 amide bonds. The lowest BCUT2D eigenvalue weighted by Crippen LogP contribution is -2.06. The number of aromatic nitrogens is 2. The van der Waals surface area contributed by atoms with Gasteiger partial charge in [-0.15, -0.1) is 0 Å². The lowest BCUT2D eigenvalue weighted by molar-refractivity contribution is 0.415. The first-order chi connectivity index (χ1) is 10.1. The van der Waals surface area contributed by atoms with Gasteiger partial charge in [-0.05, 0) is 47.5 Å². The van der Waals surface area contributed by atoms with Gasteiger partial charge < -0.3 is 15.4 Å². The van der Waals surface area contributed by atoms with Gasteiger partial charge in [-0.25, -0.2) is 14.4 Å². The Hall–Kier alpha value is -1.89. The average Bonchev–Trinajstić information content (AvgIpc) is 2.45. The summed E-state index contributed by atoms with van der Waals surface area (Å²) >= 11 is 3.18. The molecular weight excluding hydrogens is 339 g/mol. The van der Waals surface area contributed by atoms with Crippen molar-refractivity contribution in [2.75, 3.05) is 24.3 Å². The highest BCUT2D eigenvalue weighted by Crippen LogP contribution is 2.33. The van der Waals surface area contributed by atoms with Crippen LogP contribution in [0.15, 0.2) is 22.9 Å². The molecule has 0 fully saturated rings. The molecule has 0 aliphatic rings. The van der Waals surface area contributed by atoms with Crippen LogP contribution in [-0.4, -0.2) is 23.6 Å². The molecule has 2 N–H and O–H groups in total. The summed E-state index contributed by atoms with van der Waals surface area (Å²) < 4.78 is 19.2. The molecular formula is C14H16BrFN4O. The standard InChI is InChI=1S/C14H16BrFN4O/c1-4-17-13-12(21-3)14(19-7-18-13)20-11-6-9(15)10(16)5-8(11)2/h5-7H,4H2,1-3H3,(H2,17,18,19,20). The number of hydrogen-bond donors (Lipinski definition) is 2. The second kappa shape index (κ2) is 6.71. The molecule has 0 bridgehead atoms. The fourth-order valence-corrected chi connectivity index (χ4v) is 2.20. The first-order valence-electron chi connectivity index (χ1n) is 6.42. The van der Waals surface area contributed by atoms with E-state index in [4.69, 9.17) is 4.74 Å². The highest BCUT2D eigenvalue weighted by molar-refractivity contribution is 9.10. The molecule has 2 rings (SSSR count). The highest BCUT2D eigenvalue weighted by atomic mass is 79.9. The Morgan fingerprint density at radius 3 is 2.67 bits per heavy atom. The molecule has 0 spiro atoms. The molecule has 0 radical (unpaired) electrons. The molecule has 0 unspecified atom stereocenters. The molecule has 1 aromatic carbocycles. The minimum absolute atomic E-state index is 0.305.